The monoisotopic (exact) mass is 457 g/mol. The van der Waals surface area contributed by atoms with Crippen LogP contribution in [0.1, 0.15) is 17.5 Å². The minimum absolute atomic E-state index is 0.0853. The summed E-state index contributed by atoms with van der Waals surface area (Å²) in [6.45, 7) is 7.27. The molecule has 1 aliphatic heterocycles. The van der Waals surface area contributed by atoms with E-state index in [4.69, 9.17) is 22.9 Å². The summed E-state index contributed by atoms with van der Waals surface area (Å²) in [7, 11) is -0.763. The van der Waals surface area contributed by atoms with Crippen LogP contribution in [-0.4, -0.2) is 33.3 Å². The number of benzene rings is 1. The highest BCUT2D eigenvalue weighted by Gasteiger charge is 2.51. The van der Waals surface area contributed by atoms with E-state index in [1.165, 1.54) is 6.26 Å². The number of aromatic nitrogens is 2. The molecule has 2 aromatic rings. The van der Waals surface area contributed by atoms with Gasteiger partial charge in [0.25, 0.3) is 0 Å². The molecular formula is C17H11ClF3N5O3S. The molecule has 2 heterocycles. The molecule has 8 nitrogen and oxygen atoms in total. The van der Waals surface area contributed by atoms with E-state index in [0.717, 1.165) is 11.8 Å². The van der Waals surface area contributed by atoms with Crippen LogP contribution in [0.5, 0.6) is 0 Å². The van der Waals surface area contributed by atoms with Gasteiger partial charge in [0.2, 0.25) is 0 Å². The van der Waals surface area contributed by atoms with Crippen molar-refractivity contribution in [2.24, 2.45) is 0 Å². The van der Waals surface area contributed by atoms with E-state index in [-0.39, 0.29) is 27.8 Å². The summed E-state index contributed by atoms with van der Waals surface area (Å²) in [6.07, 6.45) is -4.17. The minimum atomic E-state index is -4.80. The molecule has 0 bridgehead atoms. The van der Waals surface area contributed by atoms with E-state index >= 15 is 0 Å². The number of hydrogen-bond donors (Lipinski definition) is 1. The van der Waals surface area contributed by atoms with E-state index in [2.05, 4.69) is 15.3 Å². The zero-order valence-electron chi connectivity index (χ0n) is 15.3. The number of ether oxygens (including phenoxy) is 1. The van der Waals surface area contributed by atoms with E-state index in [0.29, 0.717) is 12.1 Å². The second-order valence-corrected chi connectivity index (χ2v) is 7.91. The molecule has 2 unspecified atom stereocenters. The first-order valence-electron chi connectivity index (χ1n) is 8.00. The summed E-state index contributed by atoms with van der Waals surface area (Å²) in [5, 5.41) is 15.6. The zero-order valence-corrected chi connectivity index (χ0v) is 16.9. The smallest absolute Gasteiger partial charge is 0.416 e. The normalized spacial score (nSPS) is 18.3. The molecular weight excluding hydrogens is 447 g/mol. The van der Waals surface area contributed by atoms with Crippen LogP contribution in [-0.2, 0) is 32.0 Å². The van der Waals surface area contributed by atoms with Crippen molar-refractivity contribution in [3.05, 3.63) is 39.7 Å². The van der Waals surface area contributed by atoms with Gasteiger partial charge in [-0.05, 0) is 17.2 Å². The number of methoxy groups -OCH3 is 1. The van der Waals surface area contributed by atoms with Crippen molar-refractivity contribution in [3.8, 4) is 11.8 Å². The summed E-state index contributed by atoms with van der Waals surface area (Å²) < 4.78 is 58.3. The highest BCUT2D eigenvalue weighted by Crippen LogP contribution is 2.48. The number of halogens is 4. The van der Waals surface area contributed by atoms with Crippen molar-refractivity contribution in [3.63, 3.8) is 0 Å². The van der Waals surface area contributed by atoms with Crippen LogP contribution in [0.15, 0.2) is 17.0 Å². The summed E-state index contributed by atoms with van der Waals surface area (Å²) >= 11 is 6.16. The predicted octanol–water partition coefficient (Wildman–Crippen LogP) is 3.54. The van der Waals surface area contributed by atoms with E-state index in [1.807, 2.05) is 0 Å². The topological polar surface area (TPSA) is 101 Å². The number of carbonyl (C=O) groups is 1. The standard InChI is InChI=1S/C17H11ClF3N5O3S/c1-23-13-12(30(3)28)14-24-16(4-5-22,15(27)29-2)9-6-8(17(19,20)21)7-10(18)11(9)26(14)25-13/h6-7,24H,4H2,2-3H3. The number of alkyl halides is 3. The fourth-order valence-electron chi connectivity index (χ4n) is 3.24. The van der Waals surface area contributed by atoms with Gasteiger partial charge in [-0.1, -0.05) is 18.2 Å². The summed E-state index contributed by atoms with van der Waals surface area (Å²) in [4.78, 5) is 15.9. The number of nitrogens with one attached hydrogen (secondary N) is 1. The lowest BCUT2D eigenvalue weighted by Crippen LogP contribution is -2.48. The average Bonchev–Trinajstić information content (AvgIpc) is 3.04. The predicted molar refractivity (Wildman–Crippen MR) is 99.7 cm³/mol. The largest absolute Gasteiger partial charge is 0.467 e. The third kappa shape index (κ3) is 3.09. The lowest BCUT2D eigenvalue weighted by Gasteiger charge is -2.36. The molecule has 2 atom stereocenters. The van der Waals surface area contributed by atoms with Crippen LogP contribution >= 0.6 is 11.6 Å². The number of nitriles is 1. The number of anilines is 1. The van der Waals surface area contributed by atoms with Gasteiger partial charge in [-0.25, -0.2) is 4.79 Å². The van der Waals surface area contributed by atoms with Gasteiger partial charge in [-0.15, -0.1) is 4.68 Å². The van der Waals surface area contributed by atoms with Gasteiger partial charge < -0.3 is 14.9 Å². The lowest BCUT2D eigenvalue weighted by molar-refractivity contribution is -0.146. The second kappa shape index (κ2) is 7.31. The third-order valence-corrected chi connectivity index (χ3v) is 5.73. The Labute approximate surface area is 175 Å². The van der Waals surface area contributed by atoms with E-state index in [1.54, 1.807) is 6.07 Å². The maximum absolute atomic E-state index is 13.4. The summed E-state index contributed by atoms with van der Waals surface area (Å²) in [5.74, 6) is -1.46. The van der Waals surface area contributed by atoms with Gasteiger partial charge in [-0.3, -0.25) is 4.21 Å². The Morgan fingerprint density at radius 1 is 1.53 bits per heavy atom. The van der Waals surface area contributed by atoms with Crippen molar-refractivity contribution in [1.29, 1.82) is 5.26 Å². The number of hydrogen-bond acceptors (Lipinski definition) is 6. The van der Waals surface area contributed by atoms with Crippen LogP contribution in [0.4, 0.5) is 24.8 Å². The second-order valence-electron chi connectivity index (χ2n) is 6.19. The molecule has 1 N–H and O–H groups in total. The molecule has 0 spiro atoms. The van der Waals surface area contributed by atoms with E-state index in [9.17, 15) is 27.4 Å². The molecule has 1 aromatic heterocycles. The van der Waals surface area contributed by atoms with Gasteiger partial charge in [0.15, 0.2) is 11.4 Å². The quantitative estimate of drug-likeness (QED) is 0.559. The summed E-state index contributed by atoms with van der Waals surface area (Å²) in [5.41, 5.74) is -3.72. The Balaban J connectivity index is 2.52. The molecule has 0 radical (unpaired) electrons. The maximum atomic E-state index is 13.4. The summed E-state index contributed by atoms with van der Waals surface area (Å²) in [6, 6.07) is 3.08. The molecule has 3 rings (SSSR count). The molecule has 0 fully saturated rings. The SMILES string of the molecule is [C-]#[N+]c1nn2c(c1S(C)=O)NC(CC#N)(C(=O)OC)c1cc(C(F)(F)F)cc(Cl)c1-2. The molecule has 156 valence electrons. The first-order chi connectivity index (χ1) is 14.0. The molecule has 30 heavy (non-hydrogen) atoms. The highest BCUT2D eigenvalue weighted by atomic mass is 35.5. The molecule has 0 saturated carbocycles. The Morgan fingerprint density at radius 3 is 2.70 bits per heavy atom. The van der Waals surface area contributed by atoms with Gasteiger partial charge >= 0.3 is 18.0 Å². The highest BCUT2D eigenvalue weighted by molar-refractivity contribution is 7.84. The van der Waals surface area contributed by atoms with Crippen molar-refractivity contribution < 1.29 is 26.9 Å². The van der Waals surface area contributed by atoms with Crippen LogP contribution in [0, 0.1) is 17.9 Å². The Bertz CT molecular complexity index is 1180. The molecule has 13 heteroatoms. The molecule has 0 saturated heterocycles. The van der Waals surface area contributed by atoms with Gasteiger partial charge in [0.1, 0.15) is 10.6 Å². The molecule has 0 aliphatic carbocycles. The van der Waals surface area contributed by atoms with Crippen molar-refractivity contribution in [2.75, 3.05) is 18.7 Å². The van der Waals surface area contributed by atoms with Crippen LogP contribution in [0.2, 0.25) is 5.02 Å². The third-order valence-electron chi connectivity index (χ3n) is 4.49. The first-order valence-corrected chi connectivity index (χ1v) is 9.94. The minimum Gasteiger partial charge on any atom is -0.467 e. The zero-order chi connectivity index (χ0) is 22.4. The number of fused-ring (bicyclic) bond motifs is 3. The lowest BCUT2D eigenvalue weighted by atomic mass is 9.83. The fraction of sp³-hybridized carbons (Fsp3) is 0.294. The fourth-order valence-corrected chi connectivity index (χ4v) is 4.29. The van der Waals surface area contributed by atoms with Crippen LogP contribution in [0.3, 0.4) is 0 Å². The van der Waals surface area contributed by atoms with Gasteiger partial charge in [0, 0.05) is 22.6 Å². The van der Waals surface area contributed by atoms with Crippen LogP contribution in [0.25, 0.3) is 10.5 Å². The Kier molecular flexibility index (Phi) is 5.26. The number of nitrogens with zero attached hydrogens (tertiary/aromatic N) is 4. The van der Waals surface area contributed by atoms with Crippen LogP contribution < -0.4 is 5.32 Å². The Hall–Kier alpha value is -3.09. The van der Waals surface area contributed by atoms with Crippen molar-refractivity contribution in [1.82, 2.24) is 9.78 Å². The molecule has 1 aromatic carbocycles. The average molecular weight is 458 g/mol. The van der Waals surface area contributed by atoms with Gasteiger partial charge in [0.05, 0.1) is 30.2 Å². The number of esters is 1. The molecule has 0 amide bonds. The number of carbonyl (C=O) groups excluding carboxylic acids is 1. The Morgan fingerprint density at radius 2 is 2.20 bits per heavy atom. The maximum Gasteiger partial charge on any atom is 0.416 e. The van der Waals surface area contributed by atoms with Crippen molar-refractivity contribution >= 4 is 40.0 Å². The van der Waals surface area contributed by atoms with E-state index < -0.39 is 45.5 Å². The first kappa shape index (κ1) is 21.6. The van der Waals surface area contributed by atoms with Gasteiger partial charge in [-0.2, -0.15) is 18.4 Å². The van der Waals surface area contributed by atoms with Crippen molar-refractivity contribution in [2.45, 2.75) is 23.0 Å². The number of rotatable bonds is 3. The molecule has 1 aliphatic rings.